The van der Waals surface area contributed by atoms with Crippen LogP contribution in [0.5, 0.6) is 0 Å². The molecule has 1 saturated carbocycles. The van der Waals surface area contributed by atoms with Crippen LogP contribution in [0.4, 0.5) is 11.4 Å². The lowest BCUT2D eigenvalue weighted by Gasteiger charge is -2.27. The Hall–Kier alpha value is -1.96. The Bertz CT molecular complexity index is 608. The highest BCUT2D eigenvalue weighted by Gasteiger charge is 2.32. The van der Waals surface area contributed by atoms with Gasteiger partial charge in [0.05, 0.1) is 11.4 Å². The van der Waals surface area contributed by atoms with Crippen LogP contribution >= 0.6 is 0 Å². The Morgan fingerprint density at radius 3 is 2.67 bits per heavy atom. The van der Waals surface area contributed by atoms with Crippen LogP contribution in [0.15, 0.2) is 54.6 Å². The molecule has 2 atom stereocenters. The Morgan fingerprint density at radius 1 is 0.952 bits per heavy atom. The van der Waals surface area contributed by atoms with Crippen LogP contribution in [0, 0.1) is 5.92 Å². The van der Waals surface area contributed by atoms with Gasteiger partial charge in [-0.1, -0.05) is 48.9 Å². The Kier molecular flexibility index (Phi) is 3.30. The fourth-order valence-corrected chi connectivity index (χ4v) is 3.85. The van der Waals surface area contributed by atoms with E-state index in [1.165, 1.54) is 42.7 Å². The Morgan fingerprint density at radius 2 is 1.76 bits per heavy atom. The molecule has 0 amide bonds. The van der Waals surface area contributed by atoms with Gasteiger partial charge in [-0.2, -0.15) is 0 Å². The molecule has 2 heteroatoms. The molecule has 2 aliphatic rings. The van der Waals surface area contributed by atoms with Gasteiger partial charge in [-0.25, -0.2) is 0 Å². The molecule has 1 aliphatic carbocycles. The summed E-state index contributed by atoms with van der Waals surface area (Å²) in [5, 5.41) is 3.80. The van der Waals surface area contributed by atoms with Crippen LogP contribution in [-0.4, -0.2) is 12.6 Å². The number of fused-ring (bicyclic) bond motifs is 2. The second-order valence-corrected chi connectivity index (χ2v) is 6.33. The maximum Gasteiger partial charge on any atom is 0.0605 e. The number of nitrogens with zero attached hydrogens (tertiary/aromatic N) is 1. The summed E-state index contributed by atoms with van der Waals surface area (Å²) < 4.78 is 0. The van der Waals surface area contributed by atoms with Gasteiger partial charge in [0.2, 0.25) is 0 Å². The van der Waals surface area contributed by atoms with Gasteiger partial charge in [-0.15, -0.1) is 0 Å². The lowest BCUT2D eigenvalue weighted by molar-refractivity contribution is 0.501. The summed E-state index contributed by atoms with van der Waals surface area (Å²) in [7, 11) is 0. The molecule has 0 saturated heterocycles. The van der Waals surface area contributed by atoms with Gasteiger partial charge in [0.15, 0.2) is 0 Å². The molecule has 2 aromatic rings. The number of rotatable bonds is 2. The second kappa shape index (κ2) is 5.44. The predicted octanol–water partition coefficient (Wildman–Crippen LogP) is 4.29. The standard InChI is InChI=1S/C19H22N2/c1-2-7-15(8-3-1)13-21-14-16-9-6-11-17(16)20-18-10-4-5-12-19(18)21/h1-5,7-8,10,12,16-17,20H,6,9,11,13-14H2/t16-,17+/m0/s1. The number of hydrogen-bond donors (Lipinski definition) is 1. The quantitative estimate of drug-likeness (QED) is 0.881. The number of benzene rings is 2. The van der Waals surface area contributed by atoms with Crippen molar-refractivity contribution < 1.29 is 0 Å². The zero-order chi connectivity index (χ0) is 14.1. The summed E-state index contributed by atoms with van der Waals surface area (Å²) in [4.78, 5) is 2.56. The third-order valence-corrected chi connectivity index (χ3v) is 4.92. The van der Waals surface area contributed by atoms with E-state index in [-0.39, 0.29) is 0 Å². The van der Waals surface area contributed by atoms with E-state index in [1.54, 1.807) is 0 Å². The van der Waals surface area contributed by atoms with E-state index in [0.29, 0.717) is 6.04 Å². The molecule has 1 N–H and O–H groups in total. The van der Waals surface area contributed by atoms with Crippen LogP contribution in [0.25, 0.3) is 0 Å². The third-order valence-electron chi connectivity index (χ3n) is 4.92. The first kappa shape index (κ1) is 12.8. The number of hydrogen-bond acceptors (Lipinski definition) is 2. The van der Waals surface area contributed by atoms with Gasteiger partial charge in [0.25, 0.3) is 0 Å². The molecule has 0 spiro atoms. The molecule has 2 nitrogen and oxygen atoms in total. The van der Waals surface area contributed by atoms with Crippen LogP contribution in [0.2, 0.25) is 0 Å². The number of anilines is 2. The topological polar surface area (TPSA) is 15.3 Å². The SMILES string of the molecule is c1ccc(CN2C[C@@H]3CCC[C@H]3Nc3ccccc32)cc1. The van der Waals surface area contributed by atoms with Crippen molar-refractivity contribution in [2.24, 2.45) is 5.92 Å². The monoisotopic (exact) mass is 278 g/mol. The Labute approximate surface area is 126 Å². The molecule has 4 rings (SSSR count). The molecule has 1 fully saturated rings. The van der Waals surface area contributed by atoms with Gasteiger partial charge in [-0.3, -0.25) is 0 Å². The summed E-state index contributed by atoms with van der Waals surface area (Å²) in [5.41, 5.74) is 4.06. The second-order valence-electron chi connectivity index (χ2n) is 6.33. The zero-order valence-corrected chi connectivity index (χ0v) is 12.3. The minimum Gasteiger partial charge on any atom is -0.380 e. The van der Waals surface area contributed by atoms with Gasteiger partial charge in [0.1, 0.15) is 0 Å². The van der Waals surface area contributed by atoms with Crippen molar-refractivity contribution in [3.05, 3.63) is 60.2 Å². The smallest absolute Gasteiger partial charge is 0.0605 e. The van der Waals surface area contributed by atoms with E-state index >= 15 is 0 Å². The highest BCUT2D eigenvalue weighted by molar-refractivity contribution is 5.71. The van der Waals surface area contributed by atoms with Crippen LogP contribution in [0.3, 0.4) is 0 Å². The van der Waals surface area contributed by atoms with Crippen molar-refractivity contribution in [3.8, 4) is 0 Å². The first-order valence-corrected chi connectivity index (χ1v) is 8.04. The van der Waals surface area contributed by atoms with E-state index in [1.807, 2.05) is 0 Å². The normalized spacial score (nSPS) is 23.9. The lowest BCUT2D eigenvalue weighted by atomic mass is 10.0. The maximum atomic E-state index is 3.80. The average molecular weight is 278 g/mol. The minimum absolute atomic E-state index is 0.659. The van der Waals surface area contributed by atoms with Crippen molar-refractivity contribution >= 4 is 11.4 Å². The zero-order valence-electron chi connectivity index (χ0n) is 12.3. The fourth-order valence-electron chi connectivity index (χ4n) is 3.85. The summed E-state index contributed by atoms with van der Waals surface area (Å²) in [5.74, 6) is 0.779. The van der Waals surface area contributed by atoms with E-state index < -0.39 is 0 Å². The maximum absolute atomic E-state index is 3.80. The van der Waals surface area contributed by atoms with Gasteiger partial charge >= 0.3 is 0 Å². The molecule has 108 valence electrons. The van der Waals surface area contributed by atoms with Crippen LogP contribution < -0.4 is 10.2 Å². The fraction of sp³-hybridized carbons (Fsp3) is 0.368. The molecule has 0 bridgehead atoms. The highest BCUT2D eigenvalue weighted by atomic mass is 15.2. The number of para-hydroxylation sites is 2. The van der Waals surface area contributed by atoms with Gasteiger partial charge in [-0.05, 0) is 36.5 Å². The molecule has 0 radical (unpaired) electrons. The van der Waals surface area contributed by atoms with E-state index in [4.69, 9.17) is 0 Å². The molecular weight excluding hydrogens is 256 g/mol. The van der Waals surface area contributed by atoms with Crippen molar-refractivity contribution in [2.45, 2.75) is 31.8 Å². The molecule has 21 heavy (non-hydrogen) atoms. The Balaban J connectivity index is 1.67. The summed E-state index contributed by atoms with van der Waals surface area (Å²) >= 11 is 0. The summed E-state index contributed by atoms with van der Waals surface area (Å²) in [6.07, 6.45) is 4.04. The van der Waals surface area contributed by atoms with E-state index in [0.717, 1.165) is 12.5 Å². The van der Waals surface area contributed by atoms with Crippen molar-refractivity contribution in [2.75, 3.05) is 16.8 Å². The third kappa shape index (κ3) is 2.51. The summed E-state index contributed by atoms with van der Waals surface area (Å²) in [6.45, 7) is 2.17. The van der Waals surface area contributed by atoms with Gasteiger partial charge < -0.3 is 10.2 Å². The first-order valence-electron chi connectivity index (χ1n) is 8.04. The molecule has 2 aromatic carbocycles. The van der Waals surface area contributed by atoms with Gasteiger partial charge in [0, 0.05) is 19.1 Å². The van der Waals surface area contributed by atoms with Crippen molar-refractivity contribution in [3.63, 3.8) is 0 Å². The molecule has 0 aromatic heterocycles. The largest absolute Gasteiger partial charge is 0.380 e. The predicted molar refractivity (Wildman–Crippen MR) is 88.7 cm³/mol. The highest BCUT2D eigenvalue weighted by Crippen LogP contribution is 2.38. The van der Waals surface area contributed by atoms with Crippen LogP contribution in [-0.2, 0) is 6.54 Å². The minimum atomic E-state index is 0.659. The number of nitrogens with one attached hydrogen (secondary N) is 1. The summed E-state index contributed by atoms with van der Waals surface area (Å²) in [6, 6.07) is 20.3. The van der Waals surface area contributed by atoms with Crippen molar-refractivity contribution in [1.82, 2.24) is 0 Å². The molecule has 0 unspecified atom stereocenters. The lowest BCUT2D eigenvalue weighted by Crippen LogP contribution is -2.31. The molecule has 1 heterocycles. The van der Waals surface area contributed by atoms with Crippen molar-refractivity contribution in [1.29, 1.82) is 0 Å². The van der Waals surface area contributed by atoms with Crippen LogP contribution in [0.1, 0.15) is 24.8 Å². The first-order chi connectivity index (χ1) is 10.4. The molecule has 1 aliphatic heterocycles. The van der Waals surface area contributed by atoms with E-state index in [2.05, 4.69) is 64.8 Å². The average Bonchev–Trinajstić information content (AvgIpc) is 2.90. The van der Waals surface area contributed by atoms with E-state index in [9.17, 15) is 0 Å². The molecular formula is C19H22N2.